The molecule has 104 valence electrons. The Hall–Kier alpha value is -0.630. The molecule has 0 aliphatic carbocycles. The molecule has 5 nitrogen and oxygen atoms in total. The van der Waals surface area contributed by atoms with Crippen molar-refractivity contribution >= 4 is 20.3 Å². The minimum atomic E-state index is -7.64. The normalized spacial score (nSPS) is 18.8. The van der Waals surface area contributed by atoms with Crippen molar-refractivity contribution in [2.24, 2.45) is 0 Å². The average molecular weight is 314 g/mol. The van der Waals surface area contributed by atoms with E-state index in [9.17, 15) is 47.1 Å². The molecule has 0 aromatic rings. The van der Waals surface area contributed by atoms with E-state index in [0.717, 1.165) is 0 Å². The van der Waals surface area contributed by atoms with Gasteiger partial charge in [0, 0.05) is 0 Å². The summed E-state index contributed by atoms with van der Waals surface area (Å²) in [6.45, 7) is 0. The Morgan fingerprint density at radius 2 is 1.12 bits per heavy atom. The molecule has 0 bridgehead atoms. The number of hydrogen-bond donors (Lipinski definition) is 1. The average Bonchev–Trinajstić information content (AvgIpc) is 1.95. The Labute approximate surface area is 89.2 Å². The Kier molecular flexibility index (Phi) is 3.54. The van der Waals surface area contributed by atoms with Crippen molar-refractivity contribution in [2.75, 3.05) is 0 Å². The van der Waals surface area contributed by atoms with E-state index in [0.29, 0.717) is 0 Å². The zero-order chi connectivity index (χ0) is 14.5. The fourth-order valence-electron chi connectivity index (χ4n) is 0.610. The van der Waals surface area contributed by atoms with Gasteiger partial charge in [-0.05, 0) is 0 Å². The molecule has 0 saturated carbocycles. The summed E-state index contributed by atoms with van der Waals surface area (Å²) in [5.74, 6) is -7.21. The van der Waals surface area contributed by atoms with Gasteiger partial charge in [0.2, 0.25) is 0 Å². The first-order valence-electron chi connectivity index (χ1n) is 3.05. The highest BCUT2D eigenvalue weighted by Gasteiger charge is 2.84. The summed E-state index contributed by atoms with van der Waals surface area (Å²) < 4.78 is 125. The molecule has 0 saturated heterocycles. The summed E-state index contributed by atoms with van der Waals surface area (Å²) in [7, 11) is -14.9. The second kappa shape index (κ2) is 3.68. The topological polar surface area (TPSA) is 88.5 Å². The fraction of sp³-hybridized carbons (Fsp3) is 1.00. The van der Waals surface area contributed by atoms with Crippen LogP contribution in [0.5, 0.6) is 0 Å². The van der Waals surface area contributed by atoms with Crippen LogP contribution in [0.3, 0.4) is 0 Å². The number of rotatable bonds is 3. The smallest absolute Gasteiger partial charge is 0.282 e. The van der Waals surface area contributed by atoms with Crippen LogP contribution in [0.4, 0.5) is 30.2 Å². The molecule has 0 aromatic heterocycles. The number of alkyl halides is 6. The molecule has 1 unspecified atom stereocenters. The van der Waals surface area contributed by atoms with E-state index < -0.39 is 36.8 Å². The van der Waals surface area contributed by atoms with Gasteiger partial charge >= 0.3 is 36.8 Å². The zero-order valence-electron chi connectivity index (χ0n) is 7.04. The SMILES string of the molecule is O=S(=O)(O)C(F)(C(F)(F)C(F)(F)F)S(=O)(=O)F. The maximum atomic E-state index is 12.8. The van der Waals surface area contributed by atoms with Crippen LogP contribution in [0.2, 0.25) is 0 Å². The van der Waals surface area contributed by atoms with Crippen LogP contribution in [-0.4, -0.2) is 37.8 Å². The quantitative estimate of drug-likeness (QED) is 0.477. The van der Waals surface area contributed by atoms with Crippen LogP contribution in [0.25, 0.3) is 0 Å². The molecule has 0 amide bonds. The molecule has 0 aliphatic heterocycles. The lowest BCUT2D eigenvalue weighted by atomic mass is 10.3. The third kappa shape index (κ3) is 2.20. The van der Waals surface area contributed by atoms with Crippen molar-refractivity contribution in [3.8, 4) is 0 Å². The van der Waals surface area contributed by atoms with Gasteiger partial charge in [0.05, 0.1) is 0 Å². The highest BCUT2D eigenvalue weighted by molar-refractivity contribution is 8.05. The summed E-state index contributed by atoms with van der Waals surface area (Å²) in [6.07, 6.45) is -7.07. The van der Waals surface area contributed by atoms with Crippen molar-refractivity contribution in [3.63, 3.8) is 0 Å². The van der Waals surface area contributed by atoms with Crippen LogP contribution in [0.1, 0.15) is 0 Å². The molecule has 14 heteroatoms. The monoisotopic (exact) mass is 314 g/mol. The Morgan fingerprint density at radius 3 is 1.18 bits per heavy atom. The lowest BCUT2D eigenvalue weighted by Gasteiger charge is -2.28. The molecule has 0 spiro atoms. The van der Waals surface area contributed by atoms with Gasteiger partial charge in [-0.2, -0.15) is 43.2 Å². The Bertz CT molecular complexity index is 468. The molecule has 1 N–H and O–H groups in total. The van der Waals surface area contributed by atoms with Crippen LogP contribution in [0, 0.1) is 0 Å². The first-order chi connectivity index (χ1) is 7.00. The molecular weight excluding hydrogens is 313 g/mol. The standard InChI is InChI=1S/C3HF7O5S2/c4-1(5,2(6,7)8)3(9,16(10,11)12)17(13,14)15/h(H,13,14,15). The van der Waals surface area contributed by atoms with E-state index >= 15 is 0 Å². The van der Waals surface area contributed by atoms with Crippen molar-refractivity contribution in [1.29, 1.82) is 0 Å². The van der Waals surface area contributed by atoms with Gasteiger partial charge in [-0.25, -0.2) is 0 Å². The largest absolute Gasteiger partial charge is 0.459 e. The third-order valence-electron chi connectivity index (χ3n) is 1.38. The summed E-state index contributed by atoms with van der Waals surface area (Å²) in [4.78, 5) is 0. The minimum absolute atomic E-state index is 6.87. The molecule has 0 fully saturated rings. The first kappa shape index (κ1) is 16.4. The minimum Gasteiger partial charge on any atom is -0.282 e. The van der Waals surface area contributed by atoms with Gasteiger partial charge in [0.25, 0.3) is 0 Å². The summed E-state index contributed by atoms with van der Waals surface area (Å²) in [5.41, 5.74) is 0. The second-order valence-electron chi connectivity index (χ2n) is 2.52. The molecule has 1 atom stereocenters. The molecule has 0 rings (SSSR count). The predicted octanol–water partition coefficient (Wildman–Crippen LogP) is 0.994. The van der Waals surface area contributed by atoms with Crippen LogP contribution in [-0.2, 0) is 20.3 Å². The summed E-state index contributed by atoms with van der Waals surface area (Å²) in [5, 5.41) is 0. The molecule has 0 aliphatic rings. The van der Waals surface area contributed by atoms with Gasteiger partial charge < -0.3 is 0 Å². The van der Waals surface area contributed by atoms with Crippen LogP contribution in [0.15, 0.2) is 0 Å². The number of hydrogen-bond acceptors (Lipinski definition) is 4. The van der Waals surface area contributed by atoms with Gasteiger partial charge in [-0.1, -0.05) is 0 Å². The third-order valence-corrected chi connectivity index (χ3v) is 4.41. The van der Waals surface area contributed by atoms with Gasteiger partial charge in [0.15, 0.2) is 0 Å². The van der Waals surface area contributed by atoms with Gasteiger partial charge in [-0.3, -0.25) is 4.55 Å². The Morgan fingerprint density at radius 1 is 0.824 bits per heavy atom. The zero-order valence-corrected chi connectivity index (χ0v) is 8.68. The molecular formula is C3HF7O5S2. The van der Waals surface area contributed by atoms with E-state index in [2.05, 4.69) is 0 Å². The fourth-order valence-corrected chi connectivity index (χ4v) is 2.48. The highest BCUT2D eigenvalue weighted by Crippen LogP contribution is 2.51. The van der Waals surface area contributed by atoms with Crippen molar-refractivity contribution in [3.05, 3.63) is 0 Å². The highest BCUT2D eigenvalue weighted by atomic mass is 32.3. The van der Waals surface area contributed by atoms with E-state index in [1.807, 2.05) is 0 Å². The Balaban J connectivity index is 6.46. The molecule has 0 radical (unpaired) electrons. The first-order valence-corrected chi connectivity index (χ1v) is 5.87. The predicted molar refractivity (Wildman–Crippen MR) is 36.4 cm³/mol. The molecule has 0 aromatic carbocycles. The lowest BCUT2D eigenvalue weighted by molar-refractivity contribution is -0.300. The maximum Gasteiger partial charge on any atom is 0.459 e. The maximum absolute atomic E-state index is 12.8. The summed E-state index contributed by atoms with van der Waals surface area (Å²) >= 11 is 0. The van der Waals surface area contributed by atoms with E-state index in [1.165, 1.54) is 0 Å². The van der Waals surface area contributed by atoms with Crippen LogP contribution >= 0.6 is 0 Å². The second-order valence-corrected chi connectivity index (χ2v) is 5.73. The van der Waals surface area contributed by atoms with Crippen molar-refractivity contribution < 1.29 is 51.6 Å². The van der Waals surface area contributed by atoms with Gasteiger partial charge in [-0.15, -0.1) is 3.89 Å². The van der Waals surface area contributed by atoms with E-state index in [-0.39, 0.29) is 0 Å². The van der Waals surface area contributed by atoms with Gasteiger partial charge in [0.1, 0.15) is 0 Å². The number of halogens is 7. The summed E-state index contributed by atoms with van der Waals surface area (Å²) in [6, 6.07) is 0. The van der Waals surface area contributed by atoms with Crippen molar-refractivity contribution in [2.45, 2.75) is 16.4 Å². The van der Waals surface area contributed by atoms with Crippen LogP contribution < -0.4 is 0 Å². The van der Waals surface area contributed by atoms with Crippen molar-refractivity contribution in [1.82, 2.24) is 0 Å². The molecule has 17 heavy (non-hydrogen) atoms. The lowest BCUT2D eigenvalue weighted by Crippen LogP contribution is -2.61. The molecule has 0 heterocycles. The van der Waals surface area contributed by atoms with E-state index in [4.69, 9.17) is 4.55 Å². The van der Waals surface area contributed by atoms with E-state index in [1.54, 1.807) is 0 Å².